The number of carbonyl (C=O) groups excluding carboxylic acids is 2. The van der Waals surface area contributed by atoms with E-state index in [-0.39, 0.29) is 24.8 Å². The van der Waals surface area contributed by atoms with Crippen LogP contribution < -0.4 is 10.6 Å². The van der Waals surface area contributed by atoms with Crippen LogP contribution in [0.15, 0.2) is 48.8 Å². The van der Waals surface area contributed by atoms with Crippen LogP contribution in [0.1, 0.15) is 22.3 Å². The minimum atomic E-state index is -0.351. The Balaban J connectivity index is 2.07. The maximum Gasteiger partial charge on any atom is 0.257 e. The molecule has 2 N–H and O–H groups in total. The van der Waals surface area contributed by atoms with Gasteiger partial charge in [-0.3, -0.25) is 14.6 Å². The highest BCUT2D eigenvalue weighted by atomic mass is 16.2. The fourth-order valence-electron chi connectivity index (χ4n) is 1.82. The van der Waals surface area contributed by atoms with Crippen LogP contribution in [0.3, 0.4) is 0 Å². The second-order valence-corrected chi connectivity index (χ2v) is 4.46. The van der Waals surface area contributed by atoms with Crippen molar-refractivity contribution in [3.63, 3.8) is 0 Å². The smallest absolute Gasteiger partial charge is 0.257 e. The van der Waals surface area contributed by atoms with E-state index in [1.54, 1.807) is 42.6 Å². The van der Waals surface area contributed by atoms with Gasteiger partial charge >= 0.3 is 0 Å². The lowest BCUT2D eigenvalue weighted by molar-refractivity contribution is -0.120. The van der Waals surface area contributed by atoms with Crippen LogP contribution in [0.4, 0.5) is 5.69 Å². The first-order valence-electron chi connectivity index (χ1n) is 6.63. The molecule has 0 aliphatic rings. The topological polar surface area (TPSA) is 94.9 Å². The number of pyridine rings is 1. The lowest BCUT2D eigenvalue weighted by atomic mass is 10.1. The Kier molecular flexibility index (Phi) is 5.21. The highest BCUT2D eigenvalue weighted by Gasteiger charge is 2.09. The summed E-state index contributed by atoms with van der Waals surface area (Å²) in [5.41, 5.74) is 1.81. The lowest BCUT2D eigenvalue weighted by Gasteiger charge is -2.11. The summed E-state index contributed by atoms with van der Waals surface area (Å²) in [6, 6.07) is 12.3. The summed E-state index contributed by atoms with van der Waals surface area (Å²) in [6.07, 6.45) is 2.88. The molecule has 0 spiro atoms. The summed E-state index contributed by atoms with van der Waals surface area (Å²) in [4.78, 5) is 27.4. The molecule has 0 atom stereocenters. The molecule has 1 aromatic heterocycles. The lowest BCUT2D eigenvalue weighted by Crippen LogP contribution is -2.23. The van der Waals surface area contributed by atoms with Gasteiger partial charge in [-0.25, -0.2) is 0 Å². The van der Waals surface area contributed by atoms with Gasteiger partial charge in [0.1, 0.15) is 6.42 Å². The Morgan fingerprint density at radius 2 is 2.00 bits per heavy atom. The number of nitrogens with one attached hydrogen (secondary N) is 2. The van der Waals surface area contributed by atoms with Crippen LogP contribution >= 0.6 is 0 Å². The fourth-order valence-corrected chi connectivity index (χ4v) is 1.82. The molecule has 1 heterocycles. The first-order chi connectivity index (χ1) is 10.7. The summed E-state index contributed by atoms with van der Waals surface area (Å²) in [5, 5.41) is 13.9. The minimum absolute atomic E-state index is 0.190. The molecule has 22 heavy (non-hydrogen) atoms. The van der Waals surface area contributed by atoms with Crippen molar-refractivity contribution in [2.45, 2.75) is 13.0 Å². The van der Waals surface area contributed by atoms with Gasteiger partial charge in [-0.05, 0) is 23.8 Å². The molecule has 2 amide bonds. The Morgan fingerprint density at radius 1 is 1.18 bits per heavy atom. The van der Waals surface area contributed by atoms with Gasteiger partial charge < -0.3 is 10.6 Å². The molecule has 0 radical (unpaired) electrons. The third-order valence-electron chi connectivity index (χ3n) is 2.90. The number of nitrogens with zero attached hydrogens (tertiary/aromatic N) is 2. The molecule has 1 aromatic carbocycles. The molecule has 110 valence electrons. The molecule has 0 saturated carbocycles. The zero-order valence-corrected chi connectivity index (χ0v) is 11.7. The molecule has 0 saturated heterocycles. The van der Waals surface area contributed by atoms with E-state index in [1.807, 2.05) is 6.07 Å². The number of nitriles is 1. The largest absolute Gasteiger partial charge is 0.351 e. The molecule has 6 nitrogen and oxygen atoms in total. The summed E-state index contributed by atoms with van der Waals surface area (Å²) in [6.45, 7) is 0.240. The second-order valence-electron chi connectivity index (χ2n) is 4.46. The molecule has 2 aromatic rings. The third kappa shape index (κ3) is 4.15. The average Bonchev–Trinajstić information content (AvgIpc) is 2.55. The number of benzene rings is 1. The Morgan fingerprint density at radius 3 is 2.73 bits per heavy atom. The van der Waals surface area contributed by atoms with E-state index in [0.29, 0.717) is 11.3 Å². The van der Waals surface area contributed by atoms with E-state index >= 15 is 0 Å². The normalized spacial score (nSPS) is 9.59. The van der Waals surface area contributed by atoms with Crippen molar-refractivity contribution in [1.82, 2.24) is 10.3 Å². The number of rotatable bonds is 5. The quantitative estimate of drug-likeness (QED) is 0.880. The van der Waals surface area contributed by atoms with Crippen LogP contribution in [0.5, 0.6) is 0 Å². The molecule has 2 rings (SSSR count). The van der Waals surface area contributed by atoms with Crippen LogP contribution in [-0.4, -0.2) is 16.8 Å². The van der Waals surface area contributed by atoms with E-state index in [4.69, 9.17) is 5.26 Å². The van der Waals surface area contributed by atoms with Gasteiger partial charge in [-0.15, -0.1) is 0 Å². The van der Waals surface area contributed by atoms with Crippen LogP contribution in [-0.2, 0) is 11.3 Å². The molecule has 0 fully saturated rings. The van der Waals surface area contributed by atoms with Gasteiger partial charge in [0.25, 0.3) is 5.91 Å². The van der Waals surface area contributed by atoms with E-state index in [1.165, 1.54) is 6.20 Å². The van der Waals surface area contributed by atoms with Crippen molar-refractivity contribution in [2.75, 3.05) is 5.32 Å². The van der Waals surface area contributed by atoms with Crippen LogP contribution in [0.25, 0.3) is 0 Å². The van der Waals surface area contributed by atoms with Gasteiger partial charge in [0, 0.05) is 24.6 Å². The first-order valence-corrected chi connectivity index (χ1v) is 6.63. The van der Waals surface area contributed by atoms with Crippen molar-refractivity contribution >= 4 is 17.5 Å². The zero-order chi connectivity index (χ0) is 15.8. The predicted octanol–water partition coefficient (Wildman–Crippen LogP) is 1.86. The van der Waals surface area contributed by atoms with Gasteiger partial charge in [-0.2, -0.15) is 5.26 Å². The number of para-hydroxylation sites is 1. The van der Waals surface area contributed by atoms with Crippen molar-refractivity contribution < 1.29 is 9.59 Å². The van der Waals surface area contributed by atoms with Crippen molar-refractivity contribution in [2.24, 2.45) is 0 Å². The molecular formula is C16H14N4O2. The molecular weight excluding hydrogens is 280 g/mol. The molecule has 0 aliphatic heterocycles. The Hall–Kier alpha value is -3.20. The van der Waals surface area contributed by atoms with Gasteiger partial charge in [0.05, 0.1) is 11.6 Å². The summed E-state index contributed by atoms with van der Waals surface area (Å²) >= 11 is 0. The summed E-state index contributed by atoms with van der Waals surface area (Å²) in [5.74, 6) is -0.625. The van der Waals surface area contributed by atoms with Crippen LogP contribution in [0.2, 0.25) is 0 Å². The summed E-state index contributed by atoms with van der Waals surface area (Å²) in [7, 11) is 0. The van der Waals surface area contributed by atoms with E-state index in [2.05, 4.69) is 15.6 Å². The van der Waals surface area contributed by atoms with Crippen molar-refractivity contribution in [3.05, 3.63) is 59.9 Å². The van der Waals surface area contributed by atoms with E-state index in [0.717, 1.165) is 5.56 Å². The SMILES string of the molecule is N#CCC(=O)NCc1ccccc1NC(=O)c1cccnc1. The highest BCUT2D eigenvalue weighted by Crippen LogP contribution is 2.16. The van der Waals surface area contributed by atoms with E-state index in [9.17, 15) is 9.59 Å². The average molecular weight is 294 g/mol. The standard InChI is InChI=1S/C16H14N4O2/c17-8-7-15(21)19-11-12-4-1-2-6-14(12)20-16(22)13-5-3-9-18-10-13/h1-6,9-10H,7,11H2,(H,19,21)(H,20,22). The van der Waals surface area contributed by atoms with Gasteiger partial charge in [0.2, 0.25) is 5.91 Å². The zero-order valence-electron chi connectivity index (χ0n) is 11.7. The monoisotopic (exact) mass is 294 g/mol. The molecule has 6 heteroatoms. The Bertz CT molecular complexity index is 708. The van der Waals surface area contributed by atoms with Crippen LogP contribution in [0, 0.1) is 11.3 Å². The number of anilines is 1. The summed E-state index contributed by atoms with van der Waals surface area (Å²) < 4.78 is 0. The van der Waals surface area contributed by atoms with Gasteiger partial charge in [0.15, 0.2) is 0 Å². The maximum absolute atomic E-state index is 12.1. The van der Waals surface area contributed by atoms with E-state index < -0.39 is 0 Å². The maximum atomic E-state index is 12.1. The van der Waals surface area contributed by atoms with Crippen molar-refractivity contribution in [3.8, 4) is 6.07 Å². The fraction of sp³-hybridized carbons (Fsp3) is 0.125. The minimum Gasteiger partial charge on any atom is -0.351 e. The predicted molar refractivity (Wildman–Crippen MR) is 80.7 cm³/mol. The first kappa shape index (κ1) is 15.2. The molecule has 0 aliphatic carbocycles. The van der Waals surface area contributed by atoms with Crippen molar-refractivity contribution in [1.29, 1.82) is 5.26 Å². The second kappa shape index (κ2) is 7.55. The highest BCUT2D eigenvalue weighted by molar-refractivity contribution is 6.04. The number of amides is 2. The molecule has 0 unspecified atom stereocenters. The third-order valence-corrected chi connectivity index (χ3v) is 2.90. The molecule has 0 bridgehead atoms. The number of aromatic nitrogens is 1. The number of hydrogen-bond acceptors (Lipinski definition) is 4. The number of carbonyl (C=O) groups is 2. The Labute approximate surface area is 127 Å². The number of hydrogen-bond donors (Lipinski definition) is 2. The van der Waals surface area contributed by atoms with Gasteiger partial charge in [-0.1, -0.05) is 18.2 Å².